The van der Waals surface area contributed by atoms with E-state index < -0.39 is 0 Å². The van der Waals surface area contributed by atoms with Gasteiger partial charge < -0.3 is 5.32 Å². The molecule has 1 aromatic heterocycles. The van der Waals surface area contributed by atoms with Gasteiger partial charge in [-0.2, -0.15) is 0 Å². The van der Waals surface area contributed by atoms with Gasteiger partial charge in [-0.1, -0.05) is 30.3 Å². The number of hydrogen-bond acceptors (Lipinski definition) is 3. The molecule has 104 valence electrons. The Kier molecular flexibility index (Phi) is 4.45. The third kappa shape index (κ3) is 3.63. The van der Waals surface area contributed by atoms with Crippen LogP contribution in [0.4, 0.5) is 0 Å². The van der Waals surface area contributed by atoms with E-state index in [2.05, 4.69) is 15.3 Å². The molecule has 0 atom stereocenters. The molecule has 4 nitrogen and oxygen atoms in total. The van der Waals surface area contributed by atoms with Crippen molar-refractivity contribution in [3.8, 4) is 0 Å². The highest BCUT2D eigenvalue weighted by Gasteiger charge is 2.08. The molecule has 0 aliphatic rings. The number of aromatic nitrogens is 2. The summed E-state index contributed by atoms with van der Waals surface area (Å²) in [5.74, 6) is -0.00405. The van der Waals surface area contributed by atoms with E-state index in [1.54, 1.807) is 0 Å². The first kappa shape index (κ1) is 14.2. The SMILES string of the molecule is Cc1nc(C)c(CNC(=O)Cc2ccccc2)nc1C. The van der Waals surface area contributed by atoms with E-state index in [-0.39, 0.29) is 5.91 Å². The molecule has 1 heterocycles. The average molecular weight is 269 g/mol. The molecule has 0 saturated carbocycles. The van der Waals surface area contributed by atoms with Crippen molar-refractivity contribution in [1.29, 1.82) is 0 Å². The predicted molar refractivity (Wildman–Crippen MR) is 78.2 cm³/mol. The van der Waals surface area contributed by atoms with Crippen LogP contribution in [0.15, 0.2) is 30.3 Å². The highest BCUT2D eigenvalue weighted by molar-refractivity contribution is 5.78. The molecule has 0 radical (unpaired) electrons. The maximum Gasteiger partial charge on any atom is 0.224 e. The summed E-state index contributed by atoms with van der Waals surface area (Å²) in [4.78, 5) is 20.8. The highest BCUT2D eigenvalue weighted by Crippen LogP contribution is 2.07. The Hall–Kier alpha value is -2.23. The van der Waals surface area contributed by atoms with Gasteiger partial charge in [0.05, 0.1) is 35.7 Å². The summed E-state index contributed by atoms with van der Waals surface area (Å²) in [6, 6.07) is 9.69. The summed E-state index contributed by atoms with van der Waals surface area (Å²) in [5, 5.41) is 2.89. The number of aryl methyl sites for hydroxylation is 3. The number of rotatable bonds is 4. The van der Waals surface area contributed by atoms with E-state index >= 15 is 0 Å². The van der Waals surface area contributed by atoms with Crippen LogP contribution < -0.4 is 5.32 Å². The molecule has 0 fully saturated rings. The van der Waals surface area contributed by atoms with Crippen molar-refractivity contribution in [2.24, 2.45) is 0 Å². The minimum absolute atomic E-state index is 0.00405. The topological polar surface area (TPSA) is 54.9 Å². The number of amides is 1. The quantitative estimate of drug-likeness (QED) is 0.926. The molecule has 0 aliphatic heterocycles. The van der Waals surface area contributed by atoms with Crippen LogP contribution in [0.25, 0.3) is 0 Å². The van der Waals surface area contributed by atoms with Crippen LogP contribution in [0, 0.1) is 20.8 Å². The Balaban J connectivity index is 1.95. The monoisotopic (exact) mass is 269 g/mol. The lowest BCUT2D eigenvalue weighted by atomic mass is 10.1. The number of carbonyl (C=O) groups excluding carboxylic acids is 1. The van der Waals surface area contributed by atoms with Crippen LogP contribution in [0.2, 0.25) is 0 Å². The molecule has 1 amide bonds. The van der Waals surface area contributed by atoms with Gasteiger partial charge in [-0.05, 0) is 26.3 Å². The van der Waals surface area contributed by atoms with Gasteiger partial charge in [-0.15, -0.1) is 0 Å². The predicted octanol–water partition coefficient (Wildman–Crippen LogP) is 2.26. The number of benzene rings is 1. The van der Waals surface area contributed by atoms with E-state index in [1.807, 2.05) is 51.1 Å². The summed E-state index contributed by atoms with van der Waals surface area (Å²) in [5.41, 5.74) is 4.54. The molecule has 0 bridgehead atoms. The molecule has 0 spiro atoms. The normalized spacial score (nSPS) is 10.3. The van der Waals surface area contributed by atoms with Gasteiger partial charge in [0.1, 0.15) is 0 Å². The van der Waals surface area contributed by atoms with Crippen LogP contribution in [0.1, 0.15) is 28.3 Å². The second-order valence-electron chi connectivity index (χ2n) is 4.87. The molecule has 0 unspecified atom stereocenters. The minimum atomic E-state index is -0.00405. The van der Waals surface area contributed by atoms with Crippen LogP contribution in [-0.4, -0.2) is 15.9 Å². The van der Waals surface area contributed by atoms with Gasteiger partial charge >= 0.3 is 0 Å². The van der Waals surface area contributed by atoms with Gasteiger partial charge in [0.25, 0.3) is 0 Å². The summed E-state index contributed by atoms with van der Waals surface area (Å²) >= 11 is 0. The second-order valence-corrected chi connectivity index (χ2v) is 4.87. The molecule has 1 N–H and O–H groups in total. The zero-order valence-electron chi connectivity index (χ0n) is 12.1. The Labute approximate surface area is 119 Å². The van der Waals surface area contributed by atoms with E-state index in [4.69, 9.17) is 0 Å². The van der Waals surface area contributed by atoms with Crippen molar-refractivity contribution < 1.29 is 4.79 Å². The fourth-order valence-corrected chi connectivity index (χ4v) is 1.95. The first-order chi connectivity index (χ1) is 9.56. The lowest BCUT2D eigenvalue weighted by molar-refractivity contribution is -0.120. The molecule has 0 aliphatic carbocycles. The fraction of sp³-hybridized carbons (Fsp3) is 0.312. The van der Waals surface area contributed by atoms with Gasteiger partial charge in [0.2, 0.25) is 5.91 Å². The second kappa shape index (κ2) is 6.28. The third-order valence-electron chi connectivity index (χ3n) is 3.24. The first-order valence-electron chi connectivity index (χ1n) is 6.67. The molecule has 20 heavy (non-hydrogen) atoms. The van der Waals surface area contributed by atoms with E-state index in [9.17, 15) is 4.79 Å². The van der Waals surface area contributed by atoms with Crippen molar-refractivity contribution in [3.05, 3.63) is 58.7 Å². The van der Waals surface area contributed by atoms with E-state index in [1.165, 1.54) is 0 Å². The van der Waals surface area contributed by atoms with E-state index in [0.717, 1.165) is 28.3 Å². The zero-order chi connectivity index (χ0) is 14.5. The van der Waals surface area contributed by atoms with Crippen LogP contribution in [0.5, 0.6) is 0 Å². The molecular formula is C16H19N3O. The third-order valence-corrected chi connectivity index (χ3v) is 3.24. The molecule has 1 aromatic carbocycles. The lowest BCUT2D eigenvalue weighted by Crippen LogP contribution is -2.25. The average Bonchev–Trinajstić information content (AvgIpc) is 2.42. The zero-order valence-corrected chi connectivity index (χ0v) is 12.1. The van der Waals surface area contributed by atoms with E-state index in [0.29, 0.717) is 13.0 Å². The van der Waals surface area contributed by atoms with Gasteiger partial charge in [0, 0.05) is 0 Å². The van der Waals surface area contributed by atoms with Crippen molar-refractivity contribution in [3.63, 3.8) is 0 Å². The lowest BCUT2D eigenvalue weighted by Gasteiger charge is -2.09. The Morgan fingerprint density at radius 1 is 1.00 bits per heavy atom. The number of carbonyl (C=O) groups is 1. The standard InChI is InChI=1S/C16H19N3O/c1-11-12(2)19-15(13(3)18-11)10-17-16(20)9-14-7-5-4-6-8-14/h4-8H,9-10H2,1-3H3,(H,17,20). The van der Waals surface area contributed by atoms with Gasteiger partial charge in [-0.25, -0.2) is 0 Å². The van der Waals surface area contributed by atoms with Crippen LogP contribution in [0.3, 0.4) is 0 Å². The fourth-order valence-electron chi connectivity index (χ4n) is 1.95. The number of nitrogens with one attached hydrogen (secondary N) is 1. The van der Waals surface area contributed by atoms with Crippen molar-refractivity contribution in [1.82, 2.24) is 15.3 Å². The maximum absolute atomic E-state index is 11.9. The van der Waals surface area contributed by atoms with Gasteiger partial charge in [0.15, 0.2) is 0 Å². The van der Waals surface area contributed by atoms with Crippen molar-refractivity contribution in [2.45, 2.75) is 33.7 Å². The van der Waals surface area contributed by atoms with Crippen molar-refractivity contribution in [2.75, 3.05) is 0 Å². The number of hydrogen-bond donors (Lipinski definition) is 1. The summed E-state index contributed by atoms with van der Waals surface area (Å²) < 4.78 is 0. The minimum Gasteiger partial charge on any atom is -0.350 e. The summed E-state index contributed by atoms with van der Waals surface area (Å²) in [7, 11) is 0. The molecular weight excluding hydrogens is 250 g/mol. The molecule has 2 aromatic rings. The Morgan fingerprint density at radius 2 is 1.65 bits per heavy atom. The molecule has 2 rings (SSSR count). The Morgan fingerprint density at radius 3 is 2.35 bits per heavy atom. The maximum atomic E-state index is 11.9. The van der Waals surface area contributed by atoms with Crippen LogP contribution >= 0.6 is 0 Å². The number of nitrogens with zero attached hydrogens (tertiary/aromatic N) is 2. The van der Waals surface area contributed by atoms with Gasteiger partial charge in [-0.3, -0.25) is 14.8 Å². The van der Waals surface area contributed by atoms with Crippen LogP contribution in [-0.2, 0) is 17.8 Å². The highest BCUT2D eigenvalue weighted by atomic mass is 16.1. The largest absolute Gasteiger partial charge is 0.350 e. The first-order valence-corrected chi connectivity index (χ1v) is 6.67. The molecule has 4 heteroatoms. The Bertz CT molecular complexity index is 609. The smallest absolute Gasteiger partial charge is 0.224 e. The molecule has 0 saturated heterocycles. The summed E-state index contributed by atoms with van der Waals surface area (Å²) in [6.07, 6.45) is 0.387. The van der Waals surface area contributed by atoms with Crippen molar-refractivity contribution >= 4 is 5.91 Å². The summed E-state index contributed by atoms with van der Waals surface area (Å²) in [6.45, 7) is 6.20.